The number of hydrogen-bond donors (Lipinski definition) is 1. The van der Waals surface area contributed by atoms with Crippen molar-refractivity contribution < 1.29 is 9.72 Å². The van der Waals surface area contributed by atoms with Crippen LogP contribution in [0.1, 0.15) is 25.0 Å². The summed E-state index contributed by atoms with van der Waals surface area (Å²) in [5, 5.41) is 13.4. The van der Waals surface area contributed by atoms with E-state index in [1.807, 2.05) is 13.8 Å². The van der Waals surface area contributed by atoms with Crippen molar-refractivity contribution in [3.05, 3.63) is 33.4 Å². The molecule has 0 fully saturated rings. The van der Waals surface area contributed by atoms with Gasteiger partial charge in [0.2, 0.25) is 5.91 Å². The summed E-state index contributed by atoms with van der Waals surface area (Å²) in [5.74, 6) is -0.235. The molecule has 0 saturated carbocycles. The van der Waals surface area contributed by atoms with Crippen LogP contribution in [0.4, 0.5) is 11.4 Å². The first kappa shape index (κ1) is 12.2. The monoisotopic (exact) mass is 222 g/mol. The van der Waals surface area contributed by atoms with Gasteiger partial charge in [-0.15, -0.1) is 0 Å². The summed E-state index contributed by atoms with van der Waals surface area (Å²) in [6, 6.07) is 3.15. The molecule has 0 aliphatic heterocycles. The van der Waals surface area contributed by atoms with Crippen molar-refractivity contribution in [1.82, 2.24) is 0 Å². The highest BCUT2D eigenvalue weighted by Crippen LogP contribution is 2.27. The molecule has 0 bridgehead atoms. The van der Waals surface area contributed by atoms with Gasteiger partial charge in [0.1, 0.15) is 0 Å². The standard InChI is InChI=1S/C11H14N2O3/c1-4-9-5-7(2)10(12-8(3)14)6-11(9)13(15)16/h5-6H,4H2,1-3H3,(H,12,14). The fraction of sp³-hybridized carbons (Fsp3) is 0.364. The number of aryl methyl sites for hydroxylation is 2. The molecule has 1 rings (SSSR count). The van der Waals surface area contributed by atoms with Gasteiger partial charge in [-0.05, 0) is 25.0 Å². The summed E-state index contributed by atoms with van der Waals surface area (Å²) in [6.07, 6.45) is 0.595. The zero-order chi connectivity index (χ0) is 12.3. The molecule has 0 spiro atoms. The van der Waals surface area contributed by atoms with E-state index in [1.54, 1.807) is 6.07 Å². The fourth-order valence-electron chi connectivity index (χ4n) is 1.53. The lowest BCUT2D eigenvalue weighted by molar-refractivity contribution is -0.385. The Morgan fingerprint density at radius 2 is 2.12 bits per heavy atom. The molecule has 16 heavy (non-hydrogen) atoms. The van der Waals surface area contributed by atoms with Crippen LogP contribution in [0, 0.1) is 17.0 Å². The Morgan fingerprint density at radius 1 is 1.50 bits per heavy atom. The Labute approximate surface area is 93.6 Å². The molecule has 0 unspecified atom stereocenters. The van der Waals surface area contributed by atoms with Crippen LogP contribution >= 0.6 is 0 Å². The maximum atomic E-state index is 10.9. The third-order valence-electron chi connectivity index (χ3n) is 2.31. The SMILES string of the molecule is CCc1cc(C)c(NC(C)=O)cc1[N+](=O)[O-]. The number of amides is 1. The Bertz CT molecular complexity index is 441. The van der Waals surface area contributed by atoms with Gasteiger partial charge in [-0.2, -0.15) is 0 Å². The zero-order valence-corrected chi connectivity index (χ0v) is 9.53. The average Bonchev–Trinajstić information content (AvgIpc) is 2.19. The highest BCUT2D eigenvalue weighted by atomic mass is 16.6. The van der Waals surface area contributed by atoms with Gasteiger partial charge in [-0.3, -0.25) is 14.9 Å². The molecule has 0 atom stereocenters. The lowest BCUT2D eigenvalue weighted by Crippen LogP contribution is -2.08. The summed E-state index contributed by atoms with van der Waals surface area (Å²) in [4.78, 5) is 21.3. The molecule has 0 radical (unpaired) electrons. The Hall–Kier alpha value is -1.91. The zero-order valence-electron chi connectivity index (χ0n) is 9.53. The first-order chi connectivity index (χ1) is 7.45. The number of anilines is 1. The van der Waals surface area contributed by atoms with Gasteiger partial charge >= 0.3 is 0 Å². The van der Waals surface area contributed by atoms with Crippen LogP contribution in [0.2, 0.25) is 0 Å². The third-order valence-corrected chi connectivity index (χ3v) is 2.31. The molecule has 5 heteroatoms. The first-order valence-corrected chi connectivity index (χ1v) is 5.01. The van der Waals surface area contributed by atoms with E-state index >= 15 is 0 Å². The maximum Gasteiger partial charge on any atom is 0.274 e. The molecule has 1 N–H and O–H groups in total. The Balaban J connectivity index is 3.27. The normalized spacial score (nSPS) is 9.94. The highest BCUT2D eigenvalue weighted by molar-refractivity contribution is 5.90. The number of nitrogens with one attached hydrogen (secondary N) is 1. The van der Waals surface area contributed by atoms with Gasteiger partial charge in [0.15, 0.2) is 0 Å². The van der Waals surface area contributed by atoms with Crippen LogP contribution in [0.5, 0.6) is 0 Å². The van der Waals surface area contributed by atoms with Crippen molar-refractivity contribution in [2.75, 3.05) is 5.32 Å². The summed E-state index contributed by atoms with van der Waals surface area (Å²) in [7, 11) is 0. The van der Waals surface area contributed by atoms with Gasteiger partial charge in [-0.1, -0.05) is 6.92 Å². The fourth-order valence-corrected chi connectivity index (χ4v) is 1.53. The summed E-state index contributed by atoms with van der Waals surface area (Å²) >= 11 is 0. The topological polar surface area (TPSA) is 72.2 Å². The minimum Gasteiger partial charge on any atom is -0.326 e. The summed E-state index contributed by atoms with van der Waals surface area (Å²) in [5.41, 5.74) is 2.06. The van der Waals surface area contributed by atoms with E-state index in [0.29, 0.717) is 17.7 Å². The van der Waals surface area contributed by atoms with Crippen LogP contribution in [0.25, 0.3) is 0 Å². The highest BCUT2D eigenvalue weighted by Gasteiger charge is 2.15. The molecule has 0 aliphatic rings. The lowest BCUT2D eigenvalue weighted by Gasteiger charge is -2.08. The van der Waals surface area contributed by atoms with E-state index in [-0.39, 0.29) is 11.6 Å². The molecule has 1 aromatic rings. The molecular formula is C11H14N2O3. The van der Waals surface area contributed by atoms with Crippen molar-refractivity contribution in [1.29, 1.82) is 0 Å². The van der Waals surface area contributed by atoms with Crippen LogP contribution in [-0.4, -0.2) is 10.8 Å². The van der Waals surface area contributed by atoms with Crippen molar-refractivity contribution >= 4 is 17.3 Å². The predicted octanol–water partition coefficient (Wildman–Crippen LogP) is 2.42. The minimum absolute atomic E-state index is 0.0526. The van der Waals surface area contributed by atoms with E-state index in [0.717, 1.165) is 5.56 Å². The number of nitro benzene ring substituents is 1. The minimum atomic E-state index is -0.427. The second kappa shape index (κ2) is 4.74. The Kier molecular flexibility index (Phi) is 3.60. The van der Waals surface area contributed by atoms with Crippen molar-refractivity contribution in [2.45, 2.75) is 27.2 Å². The first-order valence-electron chi connectivity index (χ1n) is 5.01. The van der Waals surface area contributed by atoms with Crippen molar-refractivity contribution in [3.63, 3.8) is 0 Å². The molecule has 1 aromatic carbocycles. The average molecular weight is 222 g/mol. The van der Waals surface area contributed by atoms with Crippen LogP contribution in [0.3, 0.4) is 0 Å². The number of benzene rings is 1. The second-order valence-corrected chi connectivity index (χ2v) is 3.59. The molecule has 5 nitrogen and oxygen atoms in total. The number of nitro groups is 1. The van der Waals surface area contributed by atoms with E-state index in [1.165, 1.54) is 13.0 Å². The lowest BCUT2D eigenvalue weighted by atomic mass is 10.1. The van der Waals surface area contributed by atoms with Gasteiger partial charge in [-0.25, -0.2) is 0 Å². The van der Waals surface area contributed by atoms with E-state index < -0.39 is 4.92 Å². The van der Waals surface area contributed by atoms with E-state index in [9.17, 15) is 14.9 Å². The molecule has 0 aliphatic carbocycles. The van der Waals surface area contributed by atoms with Gasteiger partial charge in [0.25, 0.3) is 5.69 Å². The predicted molar refractivity (Wildman–Crippen MR) is 61.5 cm³/mol. The van der Waals surface area contributed by atoms with Gasteiger partial charge < -0.3 is 5.32 Å². The van der Waals surface area contributed by atoms with Crippen LogP contribution in [0.15, 0.2) is 12.1 Å². The molecule has 0 saturated heterocycles. The molecule has 0 aromatic heterocycles. The van der Waals surface area contributed by atoms with Crippen LogP contribution < -0.4 is 5.32 Å². The van der Waals surface area contributed by atoms with E-state index in [2.05, 4.69) is 5.32 Å². The molecular weight excluding hydrogens is 208 g/mol. The van der Waals surface area contributed by atoms with Crippen molar-refractivity contribution in [3.8, 4) is 0 Å². The van der Waals surface area contributed by atoms with Gasteiger partial charge in [0, 0.05) is 18.6 Å². The van der Waals surface area contributed by atoms with Crippen molar-refractivity contribution in [2.24, 2.45) is 0 Å². The summed E-state index contributed by atoms with van der Waals surface area (Å²) < 4.78 is 0. The third kappa shape index (κ3) is 2.56. The maximum absolute atomic E-state index is 10.9. The van der Waals surface area contributed by atoms with Gasteiger partial charge in [0.05, 0.1) is 10.6 Å². The molecule has 0 heterocycles. The second-order valence-electron chi connectivity index (χ2n) is 3.59. The van der Waals surface area contributed by atoms with Crippen LogP contribution in [-0.2, 0) is 11.2 Å². The number of hydrogen-bond acceptors (Lipinski definition) is 3. The van der Waals surface area contributed by atoms with E-state index in [4.69, 9.17) is 0 Å². The molecule has 1 amide bonds. The number of carbonyl (C=O) groups is 1. The molecule has 86 valence electrons. The summed E-state index contributed by atoms with van der Waals surface area (Å²) in [6.45, 7) is 5.05. The Morgan fingerprint density at radius 3 is 2.56 bits per heavy atom. The number of rotatable bonds is 3. The smallest absolute Gasteiger partial charge is 0.274 e. The number of nitrogens with zero attached hydrogens (tertiary/aromatic N) is 1. The largest absolute Gasteiger partial charge is 0.326 e. The number of carbonyl (C=O) groups excluding carboxylic acids is 1. The quantitative estimate of drug-likeness (QED) is 0.630.